The first kappa shape index (κ1) is 14.4. The molecule has 0 aliphatic heterocycles. The largest absolute Gasteiger partial charge is 0.416 e. The van der Waals surface area contributed by atoms with Gasteiger partial charge in [0.1, 0.15) is 0 Å². The summed E-state index contributed by atoms with van der Waals surface area (Å²) in [6.07, 6.45) is 2.22. The number of aromatic nitrogens is 2. The van der Waals surface area contributed by atoms with E-state index in [1.165, 1.54) is 11.8 Å². The molecule has 1 amide bonds. The topological polar surface area (TPSA) is 68.0 Å². The zero-order valence-corrected chi connectivity index (χ0v) is 13.0. The zero-order valence-electron chi connectivity index (χ0n) is 11.4. The highest BCUT2D eigenvalue weighted by Gasteiger charge is 2.29. The van der Waals surface area contributed by atoms with E-state index in [0.29, 0.717) is 22.1 Å². The Morgan fingerprint density at radius 3 is 3.05 bits per heavy atom. The minimum Gasteiger partial charge on any atom is -0.416 e. The first-order valence-corrected chi connectivity index (χ1v) is 8.00. The van der Waals surface area contributed by atoms with Crippen molar-refractivity contribution < 1.29 is 9.21 Å². The third kappa shape index (κ3) is 3.77. The van der Waals surface area contributed by atoms with Crippen molar-refractivity contribution in [3.05, 3.63) is 34.7 Å². The number of nitrogens with one attached hydrogen (secondary N) is 1. The maximum absolute atomic E-state index is 11.9. The first-order valence-electron chi connectivity index (χ1n) is 6.64. The number of halogens is 1. The van der Waals surface area contributed by atoms with Crippen molar-refractivity contribution in [1.29, 1.82) is 0 Å². The Balaban J connectivity index is 1.54. The van der Waals surface area contributed by atoms with Crippen LogP contribution in [0.3, 0.4) is 0 Å². The molecule has 0 saturated heterocycles. The van der Waals surface area contributed by atoms with Crippen molar-refractivity contribution in [2.24, 2.45) is 0 Å². The van der Waals surface area contributed by atoms with Crippen molar-refractivity contribution in [3.63, 3.8) is 0 Å². The molecule has 1 aliphatic carbocycles. The van der Waals surface area contributed by atoms with Crippen LogP contribution in [0.5, 0.6) is 0 Å². The second-order valence-electron chi connectivity index (χ2n) is 4.98. The predicted octanol–water partition coefficient (Wildman–Crippen LogP) is 3.64. The minimum absolute atomic E-state index is 0.128. The van der Waals surface area contributed by atoms with Gasteiger partial charge in [-0.25, -0.2) is 0 Å². The summed E-state index contributed by atoms with van der Waals surface area (Å²) in [5, 5.41) is 11.8. The predicted molar refractivity (Wildman–Crippen MR) is 81.8 cm³/mol. The van der Waals surface area contributed by atoms with Crippen LogP contribution in [0, 0.1) is 6.92 Å². The van der Waals surface area contributed by atoms with Gasteiger partial charge < -0.3 is 9.73 Å². The third-order valence-corrected chi connectivity index (χ3v) is 4.20. The standard InChI is InChI=1S/C14H14ClN3O2S/c1-8-2-5-10(15)6-11(8)16-12(19)7-21-14-18-17-13(20-14)9-3-4-9/h2,5-6,9H,3-4,7H2,1H3,(H,16,19). The van der Waals surface area contributed by atoms with Crippen molar-refractivity contribution in [1.82, 2.24) is 10.2 Å². The Morgan fingerprint density at radius 2 is 2.29 bits per heavy atom. The lowest BCUT2D eigenvalue weighted by molar-refractivity contribution is -0.113. The number of hydrogen-bond acceptors (Lipinski definition) is 5. The Kier molecular flexibility index (Phi) is 4.17. The van der Waals surface area contributed by atoms with Crippen LogP contribution in [-0.4, -0.2) is 21.9 Å². The van der Waals surface area contributed by atoms with E-state index >= 15 is 0 Å². The van der Waals surface area contributed by atoms with Crippen molar-refractivity contribution in [2.45, 2.75) is 30.9 Å². The van der Waals surface area contributed by atoms with Crippen LogP contribution in [0.4, 0.5) is 5.69 Å². The highest BCUT2D eigenvalue weighted by Crippen LogP contribution is 2.39. The molecule has 1 fully saturated rings. The molecule has 0 radical (unpaired) electrons. The van der Waals surface area contributed by atoms with E-state index in [4.69, 9.17) is 16.0 Å². The van der Waals surface area contributed by atoms with Crippen molar-refractivity contribution in [3.8, 4) is 0 Å². The Bertz CT molecular complexity index is 670. The molecule has 5 nitrogen and oxygen atoms in total. The van der Waals surface area contributed by atoms with Gasteiger partial charge in [-0.1, -0.05) is 29.4 Å². The normalized spacial score (nSPS) is 14.2. The molecule has 7 heteroatoms. The molecule has 1 N–H and O–H groups in total. The summed E-state index contributed by atoms with van der Waals surface area (Å²) in [5.41, 5.74) is 1.68. The molecule has 1 saturated carbocycles. The van der Waals surface area contributed by atoms with E-state index in [1.54, 1.807) is 12.1 Å². The maximum atomic E-state index is 11.9. The zero-order chi connectivity index (χ0) is 14.8. The van der Waals surface area contributed by atoms with E-state index < -0.39 is 0 Å². The van der Waals surface area contributed by atoms with E-state index in [2.05, 4.69) is 15.5 Å². The molecular formula is C14H14ClN3O2S. The first-order chi connectivity index (χ1) is 10.1. The lowest BCUT2D eigenvalue weighted by Crippen LogP contribution is -2.14. The summed E-state index contributed by atoms with van der Waals surface area (Å²) >= 11 is 7.16. The molecule has 1 aliphatic rings. The molecule has 1 heterocycles. The van der Waals surface area contributed by atoms with Gasteiger partial charge in [0.05, 0.1) is 5.75 Å². The molecule has 1 aromatic heterocycles. The van der Waals surface area contributed by atoms with Crippen LogP contribution < -0.4 is 5.32 Å². The number of hydrogen-bond donors (Lipinski definition) is 1. The Morgan fingerprint density at radius 1 is 1.48 bits per heavy atom. The fourth-order valence-electron chi connectivity index (χ4n) is 1.82. The SMILES string of the molecule is Cc1ccc(Cl)cc1NC(=O)CSc1nnc(C2CC2)o1. The number of carbonyl (C=O) groups is 1. The second kappa shape index (κ2) is 6.07. The molecule has 110 valence electrons. The summed E-state index contributed by atoms with van der Waals surface area (Å²) < 4.78 is 5.49. The van der Waals surface area contributed by atoms with Gasteiger partial charge >= 0.3 is 0 Å². The number of amides is 1. The molecule has 0 spiro atoms. The van der Waals surface area contributed by atoms with Crippen LogP contribution in [0.1, 0.15) is 30.2 Å². The number of aryl methyl sites for hydroxylation is 1. The van der Waals surface area contributed by atoms with Crippen LogP contribution in [0.25, 0.3) is 0 Å². The van der Waals surface area contributed by atoms with Crippen molar-refractivity contribution in [2.75, 3.05) is 11.1 Å². The third-order valence-electron chi connectivity index (χ3n) is 3.15. The van der Waals surface area contributed by atoms with Gasteiger partial charge in [0.25, 0.3) is 5.22 Å². The number of benzene rings is 1. The smallest absolute Gasteiger partial charge is 0.277 e. The molecule has 0 atom stereocenters. The maximum Gasteiger partial charge on any atom is 0.277 e. The van der Waals surface area contributed by atoms with Crippen molar-refractivity contribution >= 4 is 35.0 Å². The van der Waals surface area contributed by atoms with Gasteiger partial charge in [0, 0.05) is 16.6 Å². The van der Waals surface area contributed by atoms with Crippen LogP contribution >= 0.6 is 23.4 Å². The fourth-order valence-corrected chi connectivity index (χ4v) is 2.56. The van der Waals surface area contributed by atoms with E-state index in [9.17, 15) is 4.79 Å². The number of anilines is 1. The molecule has 3 rings (SSSR count). The average Bonchev–Trinajstić information content (AvgIpc) is 3.20. The molecule has 0 unspecified atom stereocenters. The summed E-state index contributed by atoms with van der Waals surface area (Å²) in [5.74, 6) is 1.20. The Hall–Kier alpha value is -1.53. The highest BCUT2D eigenvalue weighted by molar-refractivity contribution is 7.99. The number of thioether (sulfide) groups is 1. The number of carbonyl (C=O) groups excluding carboxylic acids is 1. The van der Waals surface area contributed by atoms with Gasteiger partial charge in [0.15, 0.2) is 0 Å². The van der Waals surface area contributed by atoms with Gasteiger partial charge in [-0.2, -0.15) is 0 Å². The minimum atomic E-state index is -0.128. The summed E-state index contributed by atoms with van der Waals surface area (Å²) in [4.78, 5) is 11.9. The summed E-state index contributed by atoms with van der Waals surface area (Å²) in [6, 6.07) is 5.39. The monoisotopic (exact) mass is 323 g/mol. The quantitative estimate of drug-likeness (QED) is 0.851. The van der Waals surface area contributed by atoms with Gasteiger partial charge in [-0.3, -0.25) is 4.79 Å². The summed E-state index contributed by atoms with van der Waals surface area (Å²) in [7, 11) is 0. The second-order valence-corrected chi connectivity index (χ2v) is 6.34. The lowest BCUT2D eigenvalue weighted by atomic mass is 10.2. The molecule has 21 heavy (non-hydrogen) atoms. The molecule has 1 aromatic carbocycles. The fraction of sp³-hybridized carbons (Fsp3) is 0.357. The molecular weight excluding hydrogens is 310 g/mol. The Labute approximate surface area is 131 Å². The van der Waals surface area contributed by atoms with Crippen LogP contribution in [-0.2, 0) is 4.79 Å². The lowest BCUT2D eigenvalue weighted by Gasteiger charge is -2.07. The highest BCUT2D eigenvalue weighted by atomic mass is 35.5. The number of rotatable bonds is 5. The van der Waals surface area contributed by atoms with Crippen LogP contribution in [0.2, 0.25) is 5.02 Å². The molecule has 0 bridgehead atoms. The number of nitrogens with zero attached hydrogens (tertiary/aromatic N) is 2. The van der Waals surface area contributed by atoms with E-state index in [0.717, 1.165) is 24.1 Å². The van der Waals surface area contributed by atoms with Gasteiger partial charge in [0.2, 0.25) is 11.8 Å². The van der Waals surface area contributed by atoms with Crippen LogP contribution in [0.15, 0.2) is 27.8 Å². The summed E-state index contributed by atoms with van der Waals surface area (Å²) in [6.45, 7) is 1.92. The average molecular weight is 324 g/mol. The van der Waals surface area contributed by atoms with Gasteiger partial charge in [-0.15, -0.1) is 10.2 Å². The molecule has 2 aromatic rings. The van der Waals surface area contributed by atoms with E-state index in [-0.39, 0.29) is 11.7 Å². The van der Waals surface area contributed by atoms with Gasteiger partial charge in [-0.05, 0) is 37.5 Å². The van der Waals surface area contributed by atoms with E-state index in [1.807, 2.05) is 13.0 Å².